The zero-order chi connectivity index (χ0) is 14.5. The van der Waals surface area contributed by atoms with Gasteiger partial charge in [-0.2, -0.15) is 5.10 Å². The number of hydrogen-bond acceptors (Lipinski definition) is 4. The van der Waals surface area contributed by atoms with Crippen LogP contribution in [-0.2, 0) is 4.79 Å². The van der Waals surface area contributed by atoms with Crippen LogP contribution in [0.5, 0.6) is 0 Å². The monoisotopic (exact) mass is 279 g/mol. The molecule has 0 aromatic carbocycles. The maximum Gasteiger partial charge on any atom is 0.321 e. The number of likely N-dealkylation sites (tertiary alicyclic amines) is 1. The first-order valence-electron chi connectivity index (χ1n) is 6.87. The fourth-order valence-electron chi connectivity index (χ4n) is 2.55. The minimum absolute atomic E-state index is 0.258. The van der Waals surface area contributed by atoms with Gasteiger partial charge in [0.15, 0.2) is 0 Å². The maximum absolute atomic E-state index is 11.9. The molecule has 20 heavy (non-hydrogen) atoms. The molecule has 1 aromatic heterocycles. The Morgan fingerprint density at radius 1 is 1.45 bits per heavy atom. The Kier molecular flexibility index (Phi) is 4.73. The Labute approximate surface area is 118 Å². The van der Waals surface area contributed by atoms with Gasteiger partial charge in [0.2, 0.25) is 5.91 Å². The molecule has 0 saturated carbocycles. The standard InChI is InChI=1S/C13H21N5O2/c1-9(12(19)17-13(20)14-2)18-5-3-10(4-6-18)11-7-15-16-8-11/h7-10H,3-6H2,1-2H3,(H,15,16)(H2,14,17,19,20)/t9-/m1/s1. The van der Waals surface area contributed by atoms with E-state index < -0.39 is 6.03 Å². The number of amides is 3. The molecule has 1 atom stereocenters. The number of aromatic nitrogens is 2. The minimum atomic E-state index is -0.463. The van der Waals surface area contributed by atoms with Crippen molar-refractivity contribution in [2.75, 3.05) is 20.1 Å². The molecular formula is C13H21N5O2. The van der Waals surface area contributed by atoms with Gasteiger partial charge in [0.25, 0.3) is 0 Å². The number of carbonyl (C=O) groups excluding carboxylic acids is 2. The molecule has 1 saturated heterocycles. The van der Waals surface area contributed by atoms with Crippen LogP contribution in [0.4, 0.5) is 4.79 Å². The highest BCUT2D eigenvalue weighted by atomic mass is 16.2. The Morgan fingerprint density at radius 2 is 2.15 bits per heavy atom. The van der Waals surface area contributed by atoms with E-state index in [0.717, 1.165) is 25.9 Å². The Bertz CT molecular complexity index is 451. The molecule has 1 aliphatic rings. The van der Waals surface area contributed by atoms with E-state index in [1.54, 1.807) is 0 Å². The van der Waals surface area contributed by atoms with Gasteiger partial charge in [-0.3, -0.25) is 20.1 Å². The average molecular weight is 279 g/mol. The van der Waals surface area contributed by atoms with E-state index in [4.69, 9.17) is 0 Å². The number of carbonyl (C=O) groups is 2. The second kappa shape index (κ2) is 6.51. The number of aromatic amines is 1. The van der Waals surface area contributed by atoms with Crippen LogP contribution in [-0.4, -0.2) is 53.2 Å². The number of rotatable bonds is 3. The Balaban J connectivity index is 1.84. The SMILES string of the molecule is CNC(=O)NC(=O)[C@@H](C)N1CCC(c2cn[nH]c2)CC1. The zero-order valence-electron chi connectivity index (χ0n) is 11.8. The molecule has 7 heteroatoms. The van der Waals surface area contributed by atoms with Crippen molar-refractivity contribution in [3.63, 3.8) is 0 Å². The van der Waals surface area contributed by atoms with E-state index >= 15 is 0 Å². The lowest BCUT2D eigenvalue weighted by Gasteiger charge is -2.34. The number of nitrogens with zero attached hydrogens (tertiary/aromatic N) is 2. The van der Waals surface area contributed by atoms with Crippen molar-refractivity contribution in [3.8, 4) is 0 Å². The van der Waals surface area contributed by atoms with E-state index in [-0.39, 0.29) is 11.9 Å². The van der Waals surface area contributed by atoms with Crippen molar-refractivity contribution in [1.29, 1.82) is 0 Å². The fraction of sp³-hybridized carbons (Fsp3) is 0.615. The highest BCUT2D eigenvalue weighted by Gasteiger charge is 2.28. The van der Waals surface area contributed by atoms with Crippen LogP contribution < -0.4 is 10.6 Å². The quantitative estimate of drug-likeness (QED) is 0.748. The summed E-state index contributed by atoms with van der Waals surface area (Å²) in [6.45, 7) is 3.52. The summed E-state index contributed by atoms with van der Waals surface area (Å²) >= 11 is 0. The molecule has 3 N–H and O–H groups in total. The number of hydrogen-bond donors (Lipinski definition) is 3. The molecule has 7 nitrogen and oxygen atoms in total. The first kappa shape index (κ1) is 14.5. The third kappa shape index (κ3) is 3.36. The van der Waals surface area contributed by atoms with Gasteiger partial charge in [-0.25, -0.2) is 4.79 Å². The zero-order valence-corrected chi connectivity index (χ0v) is 11.8. The lowest BCUT2D eigenvalue weighted by Crippen LogP contribution is -2.50. The van der Waals surface area contributed by atoms with E-state index in [0.29, 0.717) is 5.92 Å². The van der Waals surface area contributed by atoms with Crippen molar-refractivity contribution in [2.45, 2.75) is 31.7 Å². The van der Waals surface area contributed by atoms with Crippen molar-refractivity contribution < 1.29 is 9.59 Å². The molecule has 1 aromatic rings. The second-order valence-corrected chi connectivity index (χ2v) is 5.09. The predicted octanol–water partition coefficient (Wildman–Crippen LogP) is 0.433. The van der Waals surface area contributed by atoms with Crippen LogP contribution in [0, 0.1) is 0 Å². The molecule has 110 valence electrons. The smallest absolute Gasteiger partial charge is 0.321 e. The number of H-pyrrole nitrogens is 1. The van der Waals surface area contributed by atoms with Crippen LogP contribution in [0.1, 0.15) is 31.2 Å². The molecule has 3 amide bonds. The largest absolute Gasteiger partial charge is 0.341 e. The summed E-state index contributed by atoms with van der Waals surface area (Å²) in [4.78, 5) is 25.1. The summed E-state index contributed by atoms with van der Waals surface area (Å²) in [5.74, 6) is 0.241. The molecule has 1 fully saturated rings. The topological polar surface area (TPSA) is 90.1 Å². The number of piperidine rings is 1. The molecular weight excluding hydrogens is 258 g/mol. The van der Waals surface area contributed by atoms with Gasteiger partial charge >= 0.3 is 6.03 Å². The van der Waals surface area contributed by atoms with Crippen LogP contribution in [0.2, 0.25) is 0 Å². The minimum Gasteiger partial charge on any atom is -0.341 e. The molecule has 0 unspecified atom stereocenters. The van der Waals surface area contributed by atoms with E-state index in [1.807, 2.05) is 19.3 Å². The first-order valence-corrected chi connectivity index (χ1v) is 6.87. The molecule has 1 aliphatic heterocycles. The summed E-state index contributed by atoms with van der Waals surface area (Å²) in [7, 11) is 1.49. The van der Waals surface area contributed by atoms with Gasteiger partial charge in [-0.15, -0.1) is 0 Å². The summed E-state index contributed by atoms with van der Waals surface area (Å²) < 4.78 is 0. The normalized spacial score (nSPS) is 18.5. The predicted molar refractivity (Wildman–Crippen MR) is 74.2 cm³/mol. The number of imide groups is 1. The van der Waals surface area contributed by atoms with Crippen LogP contribution in [0.25, 0.3) is 0 Å². The van der Waals surface area contributed by atoms with E-state index in [1.165, 1.54) is 12.6 Å². The van der Waals surface area contributed by atoms with Crippen LogP contribution >= 0.6 is 0 Å². The summed E-state index contributed by atoms with van der Waals surface area (Å²) in [5.41, 5.74) is 1.23. The van der Waals surface area contributed by atoms with Crippen LogP contribution in [0.3, 0.4) is 0 Å². The Morgan fingerprint density at radius 3 is 2.70 bits per heavy atom. The lowest BCUT2D eigenvalue weighted by atomic mass is 9.91. The van der Waals surface area contributed by atoms with Crippen molar-refractivity contribution in [1.82, 2.24) is 25.7 Å². The van der Waals surface area contributed by atoms with Gasteiger partial charge in [0.1, 0.15) is 0 Å². The molecule has 2 heterocycles. The summed E-state index contributed by atoms with van der Waals surface area (Å²) in [5, 5.41) is 11.5. The van der Waals surface area contributed by atoms with E-state index in [2.05, 4.69) is 25.7 Å². The number of urea groups is 1. The third-order valence-electron chi connectivity index (χ3n) is 3.91. The fourth-order valence-corrected chi connectivity index (χ4v) is 2.55. The maximum atomic E-state index is 11.9. The Hall–Kier alpha value is -1.89. The van der Waals surface area contributed by atoms with Crippen molar-refractivity contribution in [2.24, 2.45) is 0 Å². The highest BCUT2D eigenvalue weighted by Crippen LogP contribution is 2.27. The second-order valence-electron chi connectivity index (χ2n) is 5.09. The lowest BCUT2D eigenvalue weighted by molar-refractivity contribution is -0.125. The van der Waals surface area contributed by atoms with E-state index in [9.17, 15) is 9.59 Å². The summed E-state index contributed by atoms with van der Waals surface area (Å²) in [6.07, 6.45) is 5.79. The van der Waals surface area contributed by atoms with Crippen molar-refractivity contribution in [3.05, 3.63) is 18.0 Å². The molecule has 2 rings (SSSR count). The molecule has 0 bridgehead atoms. The summed E-state index contributed by atoms with van der Waals surface area (Å²) in [6, 6.07) is -0.757. The third-order valence-corrected chi connectivity index (χ3v) is 3.91. The van der Waals surface area contributed by atoms with Gasteiger partial charge in [0.05, 0.1) is 12.2 Å². The average Bonchev–Trinajstić information content (AvgIpc) is 3.00. The molecule has 0 spiro atoms. The first-order chi connectivity index (χ1) is 9.61. The van der Waals surface area contributed by atoms with Gasteiger partial charge in [-0.1, -0.05) is 0 Å². The molecule has 0 radical (unpaired) electrons. The van der Waals surface area contributed by atoms with Gasteiger partial charge in [0, 0.05) is 13.2 Å². The van der Waals surface area contributed by atoms with Gasteiger partial charge < -0.3 is 5.32 Å². The van der Waals surface area contributed by atoms with Gasteiger partial charge in [-0.05, 0) is 44.3 Å². The highest BCUT2D eigenvalue weighted by molar-refractivity contribution is 5.96. The molecule has 0 aliphatic carbocycles. The number of nitrogens with one attached hydrogen (secondary N) is 3. The van der Waals surface area contributed by atoms with Crippen LogP contribution in [0.15, 0.2) is 12.4 Å². The van der Waals surface area contributed by atoms with Crippen molar-refractivity contribution >= 4 is 11.9 Å².